The molecule has 0 fully saturated rings. The normalized spacial score (nSPS) is 12.8. The van der Waals surface area contributed by atoms with Gasteiger partial charge in [0.05, 0.1) is 5.58 Å². The third-order valence-electron chi connectivity index (χ3n) is 9.70. The van der Waals surface area contributed by atoms with Crippen molar-refractivity contribution in [2.45, 2.75) is 43.9 Å². The number of furan rings is 1. The zero-order valence-corrected chi connectivity index (χ0v) is 35.6. The van der Waals surface area contributed by atoms with Crippen molar-refractivity contribution >= 4 is 39.6 Å². The Morgan fingerprint density at radius 2 is 1.36 bits per heavy atom. The summed E-state index contributed by atoms with van der Waals surface area (Å²) in [6.45, 7) is 6.10. The number of pyridine rings is 2. The third kappa shape index (κ3) is 8.63. The largest absolute Gasteiger partial charge is 0 e. The minimum Gasteiger partial charge on any atom is 0 e. The van der Waals surface area contributed by atoms with Crippen LogP contribution in [0.4, 0.5) is 0 Å². The molecule has 0 saturated carbocycles. The first-order valence-electron chi connectivity index (χ1n) is 18.4. The Morgan fingerprint density at radius 1 is 0.660 bits per heavy atom. The average molecular weight is 931 g/mol. The van der Waals surface area contributed by atoms with Gasteiger partial charge in [0.25, 0.3) is 0 Å². The van der Waals surface area contributed by atoms with Gasteiger partial charge in [0.2, 0.25) is 0 Å². The molecule has 0 N–H and O–H groups in total. The summed E-state index contributed by atoms with van der Waals surface area (Å²) in [7, 11) is 0. The molecule has 3 nitrogen and oxygen atoms in total. The van der Waals surface area contributed by atoms with Gasteiger partial charge in [0.15, 0.2) is 0 Å². The first kappa shape index (κ1) is 36.7. The Labute approximate surface area is 331 Å². The topological polar surface area (TPSA) is 38.9 Å². The van der Waals surface area contributed by atoms with Crippen molar-refractivity contribution in [3.8, 4) is 44.8 Å². The molecule has 0 bridgehead atoms. The third-order valence-corrected chi connectivity index (χ3v) is 14.0. The average Bonchev–Trinajstić information content (AvgIpc) is 3.57. The number of aromatic nitrogens is 2. The van der Waals surface area contributed by atoms with E-state index in [0.29, 0.717) is 0 Å². The Balaban J connectivity index is 0.000000191. The first-order valence-corrected chi connectivity index (χ1v) is 25.3. The van der Waals surface area contributed by atoms with Crippen molar-refractivity contribution in [1.29, 1.82) is 0 Å². The van der Waals surface area contributed by atoms with Crippen LogP contribution in [0.1, 0.15) is 33.6 Å². The van der Waals surface area contributed by atoms with Crippen molar-refractivity contribution in [1.82, 2.24) is 9.97 Å². The van der Waals surface area contributed by atoms with Crippen LogP contribution in [-0.2, 0) is 20.1 Å². The number of benzene rings is 5. The molecule has 0 aliphatic carbocycles. The Hall–Kier alpha value is -4.61. The van der Waals surface area contributed by atoms with Crippen LogP contribution in [0.2, 0.25) is 17.3 Å². The summed E-state index contributed by atoms with van der Waals surface area (Å²) in [5.41, 5.74) is 10.9. The number of hydrogen-bond donors (Lipinski definition) is 0. The molecule has 0 aliphatic rings. The van der Waals surface area contributed by atoms with E-state index in [1.165, 1.54) is 15.5 Å². The fourth-order valence-electron chi connectivity index (χ4n) is 6.28. The van der Waals surface area contributed by atoms with E-state index in [1.807, 2.05) is 67.7 Å². The molecule has 0 saturated heterocycles. The zero-order valence-electron chi connectivity index (χ0n) is 32.1. The van der Waals surface area contributed by atoms with E-state index in [1.54, 1.807) is 6.20 Å². The van der Waals surface area contributed by atoms with E-state index >= 15 is 0 Å². The van der Waals surface area contributed by atoms with Gasteiger partial charge in [0, 0.05) is 33.1 Å². The van der Waals surface area contributed by atoms with Crippen molar-refractivity contribution in [3.05, 3.63) is 164 Å². The zero-order chi connectivity index (χ0) is 37.2. The molecule has 0 aliphatic heterocycles. The Bertz CT molecular complexity index is 2470. The maximum Gasteiger partial charge on any atom is 0 e. The molecule has 1 atom stereocenters. The SMILES string of the molecule is [2H]C(C)(c1ccnc(-c2[c-]ccc3c2oc2cc(-c4ccccc4)ccc23)c1)C(C)C.[CH3][Ge]([CH3])([CH3])[c]1ccc(-c2[c-]cc(-c3ccccc3)cc2)nc1.[Ir]. The van der Waals surface area contributed by atoms with Crippen molar-refractivity contribution in [2.75, 3.05) is 0 Å². The van der Waals surface area contributed by atoms with Crippen LogP contribution >= 0.6 is 0 Å². The van der Waals surface area contributed by atoms with Crippen LogP contribution in [0.3, 0.4) is 0 Å². The van der Waals surface area contributed by atoms with Gasteiger partial charge < -0.3 is 9.40 Å². The predicted molar refractivity (Wildman–Crippen MR) is 221 cm³/mol. The van der Waals surface area contributed by atoms with Crippen LogP contribution in [0.15, 0.2) is 150 Å². The van der Waals surface area contributed by atoms with E-state index in [9.17, 15) is 0 Å². The Morgan fingerprint density at radius 3 is 1.98 bits per heavy atom. The summed E-state index contributed by atoms with van der Waals surface area (Å²) in [5, 5.41) is 2.13. The minimum atomic E-state index is -1.78. The van der Waals surface area contributed by atoms with Gasteiger partial charge in [-0.05, 0) is 40.8 Å². The van der Waals surface area contributed by atoms with E-state index < -0.39 is 19.2 Å². The van der Waals surface area contributed by atoms with E-state index in [4.69, 9.17) is 5.79 Å². The van der Waals surface area contributed by atoms with E-state index in [0.717, 1.165) is 61.1 Å². The molecule has 8 aromatic rings. The van der Waals surface area contributed by atoms with E-state index in [2.05, 4.69) is 132 Å². The standard InChI is InChI=1S/C28H24NO.C20H20GeN.Ir/c1-18(2)19(3)21-14-15-29-26(16-21)25-11-7-10-24-23-13-12-22(17-27(23)30-28(24)25)20-8-5-4-6-9-20;1-21(2,3)19-13-14-20(22-15-19)18-11-9-17(10-12-18)16-7-5-4-6-8-16;/h4-10,12-19H,1-3H3;4-11,13-15H,1-3H3;/q2*-1;/i19D;;. The van der Waals surface area contributed by atoms with Gasteiger partial charge in [-0.2, -0.15) is 0 Å². The quantitative estimate of drug-likeness (QED) is 0.118. The van der Waals surface area contributed by atoms with Gasteiger partial charge >= 0.3 is 135 Å². The maximum absolute atomic E-state index is 8.78. The van der Waals surface area contributed by atoms with Gasteiger partial charge in [-0.3, -0.25) is 0 Å². The number of hydrogen-bond acceptors (Lipinski definition) is 3. The molecule has 5 aromatic carbocycles. The van der Waals surface area contributed by atoms with Crippen LogP contribution in [0.5, 0.6) is 0 Å². The number of fused-ring (bicyclic) bond motifs is 3. The fraction of sp³-hybridized carbons (Fsp3) is 0.167. The Kier molecular flexibility index (Phi) is 11.5. The molecule has 0 amide bonds. The van der Waals surface area contributed by atoms with Crippen LogP contribution < -0.4 is 4.40 Å². The summed E-state index contributed by atoms with van der Waals surface area (Å²) in [6, 6.07) is 52.3. The second kappa shape index (κ2) is 16.6. The number of rotatable bonds is 7. The molecule has 5 heteroatoms. The van der Waals surface area contributed by atoms with Gasteiger partial charge in [-0.1, -0.05) is 85.8 Å². The maximum atomic E-state index is 8.78. The molecular weight excluding hydrogens is 885 g/mol. The van der Waals surface area contributed by atoms with Crippen LogP contribution in [0, 0.1) is 18.1 Å². The molecule has 0 spiro atoms. The fourth-order valence-corrected chi connectivity index (χ4v) is 8.45. The molecule has 8 rings (SSSR count). The van der Waals surface area contributed by atoms with Crippen molar-refractivity contribution in [3.63, 3.8) is 0 Å². The smallest absolute Gasteiger partial charge is 0 e. The van der Waals surface area contributed by atoms with Gasteiger partial charge in [-0.15, -0.1) is 18.2 Å². The molecule has 3 aromatic heterocycles. The summed E-state index contributed by atoms with van der Waals surface area (Å²) in [6.07, 6.45) is 3.83. The van der Waals surface area contributed by atoms with Gasteiger partial charge in [0.1, 0.15) is 5.58 Å². The summed E-state index contributed by atoms with van der Waals surface area (Å²) >= 11 is -1.78. The second-order valence-electron chi connectivity index (χ2n) is 14.6. The predicted octanol–water partition coefficient (Wildman–Crippen LogP) is 12.6. The summed E-state index contributed by atoms with van der Waals surface area (Å²) in [4.78, 5) is 9.23. The monoisotopic (exact) mass is 932 g/mol. The number of nitrogens with zero attached hydrogens (tertiary/aromatic N) is 2. The molecule has 3 heterocycles. The molecular formula is C48H44GeIrN2O-2. The van der Waals surface area contributed by atoms with Crippen molar-refractivity contribution in [2.24, 2.45) is 5.92 Å². The van der Waals surface area contributed by atoms with Crippen LogP contribution in [-0.4, -0.2) is 23.2 Å². The molecule has 1 radical (unpaired) electrons. The van der Waals surface area contributed by atoms with Crippen LogP contribution in [0.25, 0.3) is 66.7 Å². The summed E-state index contributed by atoms with van der Waals surface area (Å²) < 4.78 is 16.6. The van der Waals surface area contributed by atoms with Crippen molar-refractivity contribution < 1.29 is 25.9 Å². The minimum absolute atomic E-state index is 0. The van der Waals surface area contributed by atoms with E-state index in [-0.39, 0.29) is 26.0 Å². The molecule has 53 heavy (non-hydrogen) atoms. The first-order chi connectivity index (χ1) is 25.5. The van der Waals surface area contributed by atoms with Gasteiger partial charge in [-0.25, -0.2) is 0 Å². The molecule has 1 unspecified atom stereocenters. The summed E-state index contributed by atoms with van der Waals surface area (Å²) in [5.74, 6) is 6.65. The second-order valence-corrected chi connectivity index (χ2v) is 25.2. The molecule has 267 valence electrons.